The highest BCUT2D eigenvalue weighted by Crippen LogP contribution is 2.35. The van der Waals surface area contributed by atoms with Crippen molar-refractivity contribution in [3.8, 4) is 5.75 Å². The minimum absolute atomic E-state index is 0.125. The fourth-order valence-corrected chi connectivity index (χ4v) is 3.26. The second-order valence-corrected chi connectivity index (χ2v) is 6.72. The number of hydrogen-bond donors (Lipinski definition) is 2. The first-order chi connectivity index (χ1) is 12.4. The molecule has 0 fully saturated rings. The molecule has 2 N–H and O–H groups in total. The van der Waals surface area contributed by atoms with Gasteiger partial charge in [0.15, 0.2) is 11.3 Å². The Morgan fingerprint density at radius 1 is 1.38 bits per heavy atom. The molecule has 0 saturated carbocycles. The standard InChI is InChI=1S/C17H21N5O3S/c1-10-15(23)22(3)13-7-11(5-6-14(13)25-10)20-16(24)18-8-12-9-19-17(26-4)21(12)2/h5-7,9-10H,8H2,1-4H3,(H2,18,20,24). The van der Waals surface area contributed by atoms with E-state index in [-0.39, 0.29) is 11.9 Å². The van der Waals surface area contributed by atoms with Crippen molar-refractivity contribution in [3.63, 3.8) is 0 Å². The Labute approximate surface area is 155 Å². The first kappa shape index (κ1) is 18.1. The highest BCUT2D eigenvalue weighted by molar-refractivity contribution is 7.98. The Kier molecular flexibility index (Phi) is 5.08. The Morgan fingerprint density at radius 2 is 2.15 bits per heavy atom. The van der Waals surface area contributed by atoms with Crippen LogP contribution in [0.5, 0.6) is 5.75 Å². The van der Waals surface area contributed by atoms with E-state index in [4.69, 9.17) is 4.74 Å². The van der Waals surface area contributed by atoms with Gasteiger partial charge in [-0.3, -0.25) is 4.79 Å². The summed E-state index contributed by atoms with van der Waals surface area (Å²) in [6.07, 6.45) is 3.18. The first-order valence-electron chi connectivity index (χ1n) is 8.08. The van der Waals surface area contributed by atoms with Gasteiger partial charge in [-0.25, -0.2) is 9.78 Å². The largest absolute Gasteiger partial charge is 0.479 e. The number of ether oxygens (including phenoxy) is 1. The van der Waals surface area contributed by atoms with Gasteiger partial charge in [0.05, 0.1) is 24.1 Å². The van der Waals surface area contributed by atoms with E-state index in [1.165, 1.54) is 4.90 Å². The van der Waals surface area contributed by atoms with E-state index in [9.17, 15) is 9.59 Å². The highest BCUT2D eigenvalue weighted by atomic mass is 32.2. The van der Waals surface area contributed by atoms with E-state index < -0.39 is 6.10 Å². The summed E-state index contributed by atoms with van der Waals surface area (Å²) >= 11 is 1.55. The predicted octanol–water partition coefficient (Wildman–Crippen LogP) is 2.21. The van der Waals surface area contributed by atoms with Crippen LogP contribution in [0.4, 0.5) is 16.2 Å². The number of likely N-dealkylation sites (N-methyl/N-ethyl adjacent to an activating group) is 1. The summed E-state index contributed by atoms with van der Waals surface area (Å²) in [5, 5.41) is 6.46. The predicted molar refractivity (Wildman–Crippen MR) is 101 cm³/mol. The Balaban J connectivity index is 1.65. The summed E-state index contributed by atoms with van der Waals surface area (Å²) in [6.45, 7) is 2.07. The molecule has 9 heteroatoms. The maximum atomic E-state index is 12.2. The van der Waals surface area contributed by atoms with Gasteiger partial charge in [0.2, 0.25) is 0 Å². The van der Waals surface area contributed by atoms with Crippen molar-refractivity contribution >= 4 is 35.1 Å². The average molecular weight is 375 g/mol. The number of carbonyl (C=O) groups excluding carboxylic acids is 2. The van der Waals surface area contributed by atoms with E-state index in [1.54, 1.807) is 50.1 Å². The van der Waals surface area contributed by atoms with Gasteiger partial charge < -0.3 is 24.8 Å². The molecule has 2 heterocycles. The fraction of sp³-hybridized carbons (Fsp3) is 0.353. The van der Waals surface area contributed by atoms with Gasteiger partial charge in [0, 0.05) is 19.8 Å². The van der Waals surface area contributed by atoms with Crippen molar-refractivity contribution in [1.29, 1.82) is 0 Å². The molecule has 1 aliphatic heterocycles. The Hall–Kier alpha value is -2.68. The maximum Gasteiger partial charge on any atom is 0.319 e. The molecule has 1 aromatic heterocycles. The molecule has 1 unspecified atom stereocenters. The fourth-order valence-electron chi connectivity index (χ4n) is 2.71. The summed E-state index contributed by atoms with van der Waals surface area (Å²) < 4.78 is 7.51. The van der Waals surface area contributed by atoms with Crippen LogP contribution < -0.4 is 20.3 Å². The van der Waals surface area contributed by atoms with Crippen LogP contribution in [0, 0.1) is 0 Å². The lowest BCUT2D eigenvalue weighted by atomic mass is 10.2. The molecule has 0 bridgehead atoms. The van der Waals surface area contributed by atoms with Crippen molar-refractivity contribution in [1.82, 2.24) is 14.9 Å². The van der Waals surface area contributed by atoms with Gasteiger partial charge in [-0.1, -0.05) is 11.8 Å². The number of urea groups is 1. The third-order valence-electron chi connectivity index (χ3n) is 4.21. The van der Waals surface area contributed by atoms with Crippen molar-refractivity contribution in [2.75, 3.05) is 23.5 Å². The van der Waals surface area contributed by atoms with Crippen LogP contribution in [0.3, 0.4) is 0 Å². The molecular weight excluding hydrogens is 354 g/mol. The number of nitrogens with one attached hydrogen (secondary N) is 2. The minimum Gasteiger partial charge on any atom is -0.479 e. The lowest BCUT2D eigenvalue weighted by Gasteiger charge is -2.30. The third kappa shape index (κ3) is 3.48. The molecule has 26 heavy (non-hydrogen) atoms. The zero-order chi connectivity index (χ0) is 18.8. The normalized spacial score (nSPS) is 16.1. The number of anilines is 2. The number of nitrogens with zero attached hydrogens (tertiary/aromatic N) is 3. The van der Waals surface area contributed by atoms with Crippen molar-refractivity contribution in [2.24, 2.45) is 7.05 Å². The Bertz CT molecular complexity index is 851. The van der Waals surface area contributed by atoms with Gasteiger partial charge in [-0.15, -0.1) is 0 Å². The summed E-state index contributed by atoms with van der Waals surface area (Å²) in [6, 6.07) is 4.87. The maximum absolute atomic E-state index is 12.2. The molecule has 1 aliphatic rings. The van der Waals surface area contributed by atoms with Gasteiger partial charge in [-0.2, -0.15) is 0 Å². The van der Waals surface area contributed by atoms with Crippen LogP contribution in [0.1, 0.15) is 12.6 Å². The number of hydrogen-bond acceptors (Lipinski definition) is 5. The summed E-state index contributed by atoms with van der Waals surface area (Å²) in [5.74, 6) is 0.491. The van der Waals surface area contributed by atoms with Gasteiger partial charge >= 0.3 is 6.03 Å². The van der Waals surface area contributed by atoms with Crippen LogP contribution >= 0.6 is 11.8 Å². The SMILES string of the molecule is CSc1ncc(CNC(=O)Nc2ccc3c(c2)N(C)C(=O)C(C)O3)n1C. The monoisotopic (exact) mass is 375 g/mol. The molecule has 3 rings (SSSR count). The number of thioether (sulfide) groups is 1. The molecule has 0 aliphatic carbocycles. The number of rotatable bonds is 4. The van der Waals surface area contributed by atoms with E-state index in [0.29, 0.717) is 23.7 Å². The van der Waals surface area contributed by atoms with Crippen molar-refractivity contribution in [2.45, 2.75) is 24.7 Å². The summed E-state index contributed by atoms with van der Waals surface area (Å²) in [4.78, 5) is 30.0. The second kappa shape index (κ2) is 7.28. The molecular formula is C17H21N5O3S. The quantitative estimate of drug-likeness (QED) is 0.800. The molecule has 138 valence electrons. The number of amides is 3. The van der Waals surface area contributed by atoms with Gasteiger partial charge in [0.1, 0.15) is 5.75 Å². The number of aromatic nitrogens is 2. The van der Waals surface area contributed by atoms with E-state index in [0.717, 1.165) is 10.9 Å². The number of imidazole rings is 1. The molecule has 3 amide bonds. The molecule has 0 saturated heterocycles. The zero-order valence-electron chi connectivity index (χ0n) is 15.1. The summed E-state index contributed by atoms with van der Waals surface area (Å²) in [5.41, 5.74) is 2.11. The van der Waals surface area contributed by atoms with Gasteiger partial charge in [-0.05, 0) is 31.4 Å². The topological polar surface area (TPSA) is 88.5 Å². The highest BCUT2D eigenvalue weighted by Gasteiger charge is 2.29. The van der Waals surface area contributed by atoms with Crippen molar-refractivity contribution < 1.29 is 14.3 Å². The van der Waals surface area contributed by atoms with Crippen LogP contribution in [-0.4, -0.2) is 40.9 Å². The second-order valence-electron chi connectivity index (χ2n) is 5.94. The van der Waals surface area contributed by atoms with E-state index >= 15 is 0 Å². The minimum atomic E-state index is -0.514. The molecule has 0 radical (unpaired) electrons. The van der Waals surface area contributed by atoms with Gasteiger partial charge in [0.25, 0.3) is 5.91 Å². The number of carbonyl (C=O) groups is 2. The van der Waals surface area contributed by atoms with Crippen LogP contribution in [-0.2, 0) is 18.4 Å². The molecule has 0 spiro atoms. The van der Waals surface area contributed by atoms with Crippen LogP contribution in [0.25, 0.3) is 0 Å². The third-order valence-corrected chi connectivity index (χ3v) is 4.96. The molecule has 1 aromatic carbocycles. The Morgan fingerprint density at radius 3 is 2.85 bits per heavy atom. The lowest BCUT2D eigenvalue weighted by Crippen LogP contribution is -2.42. The molecule has 2 aromatic rings. The van der Waals surface area contributed by atoms with Crippen molar-refractivity contribution in [3.05, 3.63) is 30.1 Å². The average Bonchev–Trinajstić information content (AvgIpc) is 2.98. The first-order valence-corrected chi connectivity index (χ1v) is 9.31. The number of fused-ring (bicyclic) bond motifs is 1. The van der Waals surface area contributed by atoms with Crippen LogP contribution in [0.2, 0.25) is 0 Å². The lowest BCUT2D eigenvalue weighted by molar-refractivity contribution is -0.125. The number of benzene rings is 1. The molecule has 1 atom stereocenters. The van der Waals surface area contributed by atoms with Crippen LogP contribution in [0.15, 0.2) is 29.6 Å². The zero-order valence-corrected chi connectivity index (χ0v) is 15.9. The summed E-state index contributed by atoms with van der Waals surface area (Å²) in [7, 11) is 3.60. The van der Waals surface area contributed by atoms with E-state index in [2.05, 4.69) is 15.6 Å². The molecule has 8 nitrogen and oxygen atoms in total. The van der Waals surface area contributed by atoms with E-state index in [1.807, 2.05) is 17.9 Å². The smallest absolute Gasteiger partial charge is 0.319 e.